The molecule has 0 bridgehead atoms. The summed E-state index contributed by atoms with van der Waals surface area (Å²) in [5.74, 6) is 0. The smallest absolute Gasteiger partial charge is 1.00 e. The SMILES string of the molecule is CCCCC1=[C-]C2=CC(CCCC)P(c3ccccc3)C2=C1.[Cl-].[Cl-].[Zr+3]. The molecule has 1 aliphatic heterocycles. The molecule has 2 aliphatic rings. The molecule has 133 valence electrons. The molecule has 0 amide bonds. The first-order valence-electron chi connectivity index (χ1n) is 8.74. The minimum absolute atomic E-state index is 0. The molecule has 2 atom stereocenters. The Morgan fingerprint density at radius 2 is 1.68 bits per heavy atom. The van der Waals surface area contributed by atoms with Gasteiger partial charge in [-0.25, -0.2) is 0 Å². The monoisotopic (exact) mass is 469 g/mol. The third-order valence-electron chi connectivity index (χ3n) is 4.52. The summed E-state index contributed by atoms with van der Waals surface area (Å²) < 4.78 is 0. The van der Waals surface area contributed by atoms with Gasteiger partial charge in [-0.2, -0.15) is 11.6 Å². The van der Waals surface area contributed by atoms with E-state index in [1.807, 2.05) is 0 Å². The Labute approximate surface area is 186 Å². The summed E-state index contributed by atoms with van der Waals surface area (Å²) in [6, 6.07) is 11.2. The molecular formula is C21H26Cl2PZr. The predicted molar refractivity (Wildman–Crippen MR) is 98.8 cm³/mol. The van der Waals surface area contributed by atoms with E-state index in [1.165, 1.54) is 55.0 Å². The third-order valence-corrected chi connectivity index (χ3v) is 7.33. The Bertz CT molecular complexity index is 608. The fourth-order valence-electron chi connectivity index (χ4n) is 3.33. The predicted octanol–water partition coefficient (Wildman–Crippen LogP) is 0.115. The molecule has 1 aromatic rings. The van der Waals surface area contributed by atoms with Gasteiger partial charge < -0.3 is 24.8 Å². The molecule has 0 nitrogen and oxygen atoms in total. The molecule has 1 aromatic carbocycles. The fraction of sp³-hybridized carbons (Fsp3) is 0.429. The second-order valence-electron chi connectivity index (χ2n) is 6.28. The maximum absolute atomic E-state index is 3.70. The van der Waals surface area contributed by atoms with Gasteiger partial charge in [0.2, 0.25) is 0 Å². The van der Waals surface area contributed by atoms with Crippen LogP contribution in [0.2, 0.25) is 0 Å². The molecule has 4 heteroatoms. The van der Waals surface area contributed by atoms with Crippen LogP contribution in [0.5, 0.6) is 0 Å². The van der Waals surface area contributed by atoms with Crippen molar-refractivity contribution in [3.05, 3.63) is 65.0 Å². The summed E-state index contributed by atoms with van der Waals surface area (Å²) in [6.07, 6.45) is 16.4. The van der Waals surface area contributed by atoms with Gasteiger partial charge in [0.05, 0.1) is 0 Å². The first-order chi connectivity index (χ1) is 10.8. The van der Waals surface area contributed by atoms with Crippen molar-refractivity contribution in [2.45, 2.75) is 58.0 Å². The molecule has 2 unspecified atom stereocenters. The average molecular weight is 472 g/mol. The molecule has 0 saturated carbocycles. The molecule has 0 saturated heterocycles. The van der Waals surface area contributed by atoms with E-state index in [9.17, 15) is 0 Å². The fourth-order valence-corrected chi connectivity index (χ4v) is 6.27. The zero-order valence-electron chi connectivity index (χ0n) is 15.1. The maximum atomic E-state index is 3.70. The van der Waals surface area contributed by atoms with Crippen LogP contribution in [-0.4, -0.2) is 5.66 Å². The van der Waals surface area contributed by atoms with Crippen LogP contribution in [0.25, 0.3) is 0 Å². The van der Waals surface area contributed by atoms with E-state index in [0.717, 1.165) is 5.66 Å². The Kier molecular flexibility index (Phi) is 12.8. The summed E-state index contributed by atoms with van der Waals surface area (Å²) in [4.78, 5) is 0. The molecule has 0 spiro atoms. The number of halogens is 2. The molecule has 0 aromatic heterocycles. The molecule has 3 rings (SSSR count). The van der Waals surface area contributed by atoms with Crippen LogP contribution < -0.4 is 30.1 Å². The Hall–Kier alpha value is 0.333. The topological polar surface area (TPSA) is 0 Å². The van der Waals surface area contributed by atoms with Crippen molar-refractivity contribution in [1.82, 2.24) is 0 Å². The summed E-state index contributed by atoms with van der Waals surface area (Å²) in [5, 5.41) is 3.13. The summed E-state index contributed by atoms with van der Waals surface area (Å²) in [5.41, 5.74) is 3.57. The van der Waals surface area contributed by atoms with Crippen LogP contribution in [0.4, 0.5) is 0 Å². The van der Waals surface area contributed by atoms with E-state index in [4.69, 9.17) is 0 Å². The van der Waals surface area contributed by atoms with Crippen LogP contribution >= 0.6 is 7.92 Å². The number of hydrogen-bond acceptors (Lipinski definition) is 0. The van der Waals surface area contributed by atoms with Gasteiger partial charge in [-0.05, 0) is 17.4 Å². The Morgan fingerprint density at radius 1 is 1.00 bits per heavy atom. The molecule has 25 heavy (non-hydrogen) atoms. The number of benzene rings is 1. The summed E-state index contributed by atoms with van der Waals surface area (Å²) >= 11 is 0. The molecule has 1 heterocycles. The van der Waals surface area contributed by atoms with E-state index < -0.39 is 0 Å². The maximum Gasteiger partial charge on any atom is 3.00 e. The minimum Gasteiger partial charge on any atom is -1.00 e. The minimum atomic E-state index is -0.212. The van der Waals surface area contributed by atoms with Gasteiger partial charge >= 0.3 is 26.2 Å². The summed E-state index contributed by atoms with van der Waals surface area (Å²) in [6.45, 7) is 4.56. The van der Waals surface area contributed by atoms with E-state index in [-0.39, 0.29) is 58.9 Å². The molecule has 0 fully saturated rings. The van der Waals surface area contributed by atoms with Crippen LogP contribution in [0.1, 0.15) is 52.4 Å². The van der Waals surface area contributed by atoms with Gasteiger partial charge in [0.25, 0.3) is 0 Å². The van der Waals surface area contributed by atoms with Crippen molar-refractivity contribution in [3.63, 3.8) is 0 Å². The average Bonchev–Trinajstić information content (AvgIpc) is 3.08. The van der Waals surface area contributed by atoms with Gasteiger partial charge in [0, 0.05) is 0 Å². The molecular weight excluding hydrogens is 445 g/mol. The number of rotatable bonds is 7. The third kappa shape index (κ3) is 6.18. The Morgan fingerprint density at radius 3 is 2.32 bits per heavy atom. The zero-order chi connectivity index (χ0) is 15.4. The summed E-state index contributed by atoms with van der Waals surface area (Å²) in [7, 11) is -0.212. The number of allylic oxidation sites excluding steroid dienone is 6. The number of unbranched alkanes of at least 4 members (excludes halogenated alkanes) is 2. The van der Waals surface area contributed by atoms with E-state index in [1.54, 1.807) is 5.31 Å². The van der Waals surface area contributed by atoms with Crippen molar-refractivity contribution in [1.29, 1.82) is 0 Å². The van der Waals surface area contributed by atoms with Crippen LogP contribution in [0.15, 0.2) is 58.9 Å². The number of fused-ring (bicyclic) bond motifs is 1. The van der Waals surface area contributed by atoms with Gasteiger partial charge in [-0.1, -0.05) is 84.2 Å². The molecule has 1 aliphatic carbocycles. The zero-order valence-corrected chi connectivity index (χ0v) is 19.9. The van der Waals surface area contributed by atoms with E-state index in [0.29, 0.717) is 0 Å². The van der Waals surface area contributed by atoms with Crippen molar-refractivity contribution >= 4 is 13.2 Å². The normalized spacial score (nSPS) is 20.3. The molecule has 1 radical (unpaired) electrons. The van der Waals surface area contributed by atoms with Crippen molar-refractivity contribution in [2.75, 3.05) is 0 Å². The second kappa shape index (κ2) is 12.7. The van der Waals surface area contributed by atoms with Crippen LogP contribution in [-0.2, 0) is 26.2 Å². The van der Waals surface area contributed by atoms with Crippen molar-refractivity contribution in [2.24, 2.45) is 0 Å². The number of hydrogen-bond donors (Lipinski definition) is 0. The quantitative estimate of drug-likeness (QED) is 0.392. The van der Waals surface area contributed by atoms with Gasteiger partial charge in [0.1, 0.15) is 0 Å². The van der Waals surface area contributed by atoms with E-state index in [2.05, 4.69) is 62.4 Å². The van der Waals surface area contributed by atoms with Crippen molar-refractivity contribution in [3.8, 4) is 0 Å². The van der Waals surface area contributed by atoms with Gasteiger partial charge in [-0.15, -0.1) is 23.0 Å². The molecule has 0 N–H and O–H groups in total. The van der Waals surface area contributed by atoms with Gasteiger partial charge in [0.15, 0.2) is 0 Å². The Balaban J connectivity index is 0.00000192. The van der Waals surface area contributed by atoms with E-state index >= 15 is 0 Å². The van der Waals surface area contributed by atoms with Crippen molar-refractivity contribution < 1.29 is 51.0 Å². The first kappa shape index (κ1) is 25.3. The van der Waals surface area contributed by atoms with Crippen LogP contribution in [0.3, 0.4) is 0 Å². The van der Waals surface area contributed by atoms with Crippen LogP contribution in [0, 0.1) is 6.08 Å². The second-order valence-corrected chi connectivity index (χ2v) is 8.68. The standard InChI is InChI=1S/C21H26P.2ClH.Zr/c1-3-5-10-17-14-18-16-20(11-6-4-2)22(21(18)15-17)19-12-8-7-9-13-19;;;/h7-9,12-13,15-16,20H,3-6,10-11H2,1-2H3;2*1H;/q-1;;;+3/p-2. The first-order valence-corrected chi connectivity index (χ1v) is 10.2. The largest absolute Gasteiger partial charge is 3.00 e. The van der Waals surface area contributed by atoms with Gasteiger partial charge in [-0.3, -0.25) is 0 Å².